The van der Waals surface area contributed by atoms with Crippen LogP contribution in [-0.2, 0) is 4.74 Å². The molecule has 0 radical (unpaired) electrons. The van der Waals surface area contributed by atoms with Gasteiger partial charge in [0.25, 0.3) is 0 Å². The highest BCUT2D eigenvalue weighted by Crippen LogP contribution is 2.39. The summed E-state index contributed by atoms with van der Waals surface area (Å²) in [5.74, 6) is 1.17. The number of unbranched alkanes of at least 4 members (excludes halogenated alkanes) is 3. The first-order valence-corrected chi connectivity index (χ1v) is 8.91. The average Bonchev–Trinajstić information content (AvgIpc) is 2.57. The summed E-state index contributed by atoms with van der Waals surface area (Å²) >= 11 is 0. The number of carbonyl (C=O) groups excluding carboxylic acids is 1. The van der Waals surface area contributed by atoms with E-state index in [1.807, 2.05) is 20.8 Å². The molecule has 0 fully saturated rings. The molecule has 0 saturated carbocycles. The Morgan fingerprint density at radius 3 is 1.92 bits per heavy atom. The Bertz CT molecular complexity index is 472. The van der Waals surface area contributed by atoms with Crippen molar-refractivity contribution in [3.63, 3.8) is 0 Å². The molecule has 0 N–H and O–H groups in total. The minimum absolute atomic E-state index is 0.364. The van der Waals surface area contributed by atoms with Gasteiger partial charge in [0.1, 0.15) is 0 Å². The highest BCUT2D eigenvalue weighted by molar-refractivity contribution is 5.91. The molecule has 0 saturated heterocycles. The van der Waals surface area contributed by atoms with Crippen molar-refractivity contribution in [3.05, 3.63) is 17.7 Å². The van der Waals surface area contributed by atoms with E-state index in [0.29, 0.717) is 49.2 Å². The van der Waals surface area contributed by atoms with E-state index in [9.17, 15) is 4.79 Å². The molecule has 136 valence electrons. The highest BCUT2D eigenvalue weighted by Gasteiger charge is 2.19. The third-order valence-corrected chi connectivity index (χ3v) is 3.38. The van der Waals surface area contributed by atoms with Gasteiger partial charge in [0.2, 0.25) is 5.75 Å². The zero-order valence-electron chi connectivity index (χ0n) is 15.4. The fraction of sp³-hybridized carbons (Fsp3) is 0.632. The molecule has 1 aromatic rings. The minimum Gasteiger partial charge on any atom is -0.490 e. The molecule has 24 heavy (non-hydrogen) atoms. The van der Waals surface area contributed by atoms with Crippen molar-refractivity contribution in [2.45, 2.75) is 53.4 Å². The van der Waals surface area contributed by atoms with E-state index >= 15 is 0 Å². The van der Waals surface area contributed by atoms with Crippen molar-refractivity contribution < 1.29 is 23.7 Å². The summed E-state index contributed by atoms with van der Waals surface area (Å²) in [7, 11) is 0. The molecule has 5 heteroatoms. The zero-order valence-corrected chi connectivity index (χ0v) is 15.4. The molecule has 0 aliphatic carbocycles. The van der Waals surface area contributed by atoms with Crippen LogP contribution in [0.1, 0.15) is 63.7 Å². The maximum atomic E-state index is 12.3. The molecule has 0 aromatic heterocycles. The molecule has 1 rings (SSSR count). The van der Waals surface area contributed by atoms with Crippen LogP contribution in [0, 0.1) is 0 Å². The van der Waals surface area contributed by atoms with Gasteiger partial charge in [-0.05, 0) is 39.3 Å². The van der Waals surface area contributed by atoms with Gasteiger partial charge in [0.15, 0.2) is 11.5 Å². The van der Waals surface area contributed by atoms with E-state index < -0.39 is 0 Å². The molecule has 0 aliphatic rings. The van der Waals surface area contributed by atoms with Gasteiger partial charge in [-0.25, -0.2) is 4.79 Å². The van der Waals surface area contributed by atoms with Gasteiger partial charge in [-0.3, -0.25) is 0 Å². The Morgan fingerprint density at radius 2 is 1.42 bits per heavy atom. The molecule has 0 heterocycles. The van der Waals surface area contributed by atoms with Crippen LogP contribution in [0.2, 0.25) is 0 Å². The fourth-order valence-electron chi connectivity index (χ4n) is 2.28. The zero-order chi connectivity index (χ0) is 17.8. The van der Waals surface area contributed by atoms with Crippen LogP contribution in [0.4, 0.5) is 0 Å². The molecule has 5 nitrogen and oxygen atoms in total. The normalized spacial score (nSPS) is 10.3. The Kier molecular flexibility index (Phi) is 9.73. The van der Waals surface area contributed by atoms with Crippen molar-refractivity contribution in [2.75, 3.05) is 26.4 Å². The van der Waals surface area contributed by atoms with Gasteiger partial charge < -0.3 is 18.9 Å². The smallest absolute Gasteiger partial charge is 0.338 e. The van der Waals surface area contributed by atoms with E-state index in [-0.39, 0.29) is 5.97 Å². The lowest BCUT2D eigenvalue weighted by Crippen LogP contribution is -2.09. The first-order chi connectivity index (χ1) is 11.7. The van der Waals surface area contributed by atoms with Gasteiger partial charge >= 0.3 is 5.97 Å². The Morgan fingerprint density at radius 1 is 0.833 bits per heavy atom. The molecule has 0 atom stereocenters. The maximum absolute atomic E-state index is 12.3. The summed E-state index contributed by atoms with van der Waals surface area (Å²) in [6.07, 6.45) is 4.26. The number of hydrogen-bond donors (Lipinski definition) is 0. The second kappa shape index (κ2) is 11.6. The first-order valence-electron chi connectivity index (χ1n) is 8.91. The summed E-state index contributed by atoms with van der Waals surface area (Å²) in [6.45, 7) is 9.67. The number of carbonyl (C=O) groups is 1. The van der Waals surface area contributed by atoms with Crippen molar-refractivity contribution in [2.24, 2.45) is 0 Å². The van der Waals surface area contributed by atoms with Crippen molar-refractivity contribution in [1.29, 1.82) is 0 Å². The van der Waals surface area contributed by atoms with Crippen LogP contribution in [0.25, 0.3) is 0 Å². The topological polar surface area (TPSA) is 54.0 Å². The SMILES string of the molecule is CCCCCCOC(=O)c1cc(OCC)c(OCC)c(OCC)c1. The summed E-state index contributed by atoms with van der Waals surface area (Å²) in [5.41, 5.74) is 0.417. The second-order valence-corrected chi connectivity index (χ2v) is 5.30. The first kappa shape index (κ1) is 20.1. The maximum Gasteiger partial charge on any atom is 0.338 e. The van der Waals surface area contributed by atoms with E-state index in [1.54, 1.807) is 12.1 Å². The van der Waals surface area contributed by atoms with E-state index in [0.717, 1.165) is 25.7 Å². The molecule has 0 spiro atoms. The highest BCUT2D eigenvalue weighted by atomic mass is 16.5. The number of rotatable bonds is 12. The number of esters is 1. The quantitative estimate of drug-likeness (QED) is 0.411. The van der Waals surface area contributed by atoms with E-state index in [1.165, 1.54) is 0 Å². The lowest BCUT2D eigenvalue weighted by Gasteiger charge is -2.16. The molecule has 0 amide bonds. The van der Waals surface area contributed by atoms with Gasteiger partial charge in [-0.15, -0.1) is 0 Å². The monoisotopic (exact) mass is 338 g/mol. The second-order valence-electron chi connectivity index (χ2n) is 5.30. The summed E-state index contributed by atoms with van der Waals surface area (Å²) in [5, 5.41) is 0. The molecule has 0 aliphatic heterocycles. The third kappa shape index (κ3) is 6.30. The van der Waals surface area contributed by atoms with Gasteiger partial charge in [0.05, 0.1) is 32.0 Å². The van der Waals surface area contributed by atoms with Crippen LogP contribution in [0.15, 0.2) is 12.1 Å². The number of hydrogen-bond acceptors (Lipinski definition) is 5. The predicted octanol–water partition coefficient (Wildman–Crippen LogP) is 4.62. The van der Waals surface area contributed by atoms with Crippen LogP contribution in [0.5, 0.6) is 17.2 Å². The number of ether oxygens (including phenoxy) is 4. The molecule has 1 aromatic carbocycles. The largest absolute Gasteiger partial charge is 0.490 e. The minimum atomic E-state index is -0.364. The Labute approximate surface area is 145 Å². The Balaban J connectivity index is 2.90. The van der Waals surface area contributed by atoms with Gasteiger partial charge in [0, 0.05) is 0 Å². The molecular formula is C19H30O5. The summed E-state index contributed by atoms with van der Waals surface area (Å²) in [6, 6.07) is 3.32. The van der Waals surface area contributed by atoms with Gasteiger partial charge in [-0.2, -0.15) is 0 Å². The van der Waals surface area contributed by atoms with Crippen LogP contribution in [-0.4, -0.2) is 32.4 Å². The molecule has 0 unspecified atom stereocenters. The summed E-state index contributed by atoms with van der Waals surface area (Å²) in [4.78, 5) is 12.3. The van der Waals surface area contributed by atoms with Crippen molar-refractivity contribution >= 4 is 5.97 Å². The number of benzene rings is 1. The molecule has 0 bridgehead atoms. The standard InChI is InChI=1S/C19H30O5/c1-5-9-10-11-12-24-19(20)15-13-16(21-6-2)18(23-8-4)17(14-15)22-7-3/h13-14H,5-12H2,1-4H3. The summed E-state index contributed by atoms with van der Waals surface area (Å²) < 4.78 is 22.2. The van der Waals surface area contributed by atoms with Crippen molar-refractivity contribution in [1.82, 2.24) is 0 Å². The van der Waals surface area contributed by atoms with Crippen molar-refractivity contribution in [3.8, 4) is 17.2 Å². The van der Waals surface area contributed by atoms with Crippen LogP contribution >= 0.6 is 0 Å². The van der Waals surface area contributed by atoms with E-state index in [2.05, 4.69) is 6.92 Å². The molecular weight excluding hydrogens is 308 g/mol. The van der Waals surface area contributed by atoms with Crippen LogP contribution < -0.4 is 14.2 Å². The fourth-order valence-corrected chi connectivity index (χ4v) is 2.28. The predicted molar refractivity (Wildman–Crippen MR) is 94.4 cm³/mol. The lowest BCUT2D eigenvalue weighted by atomic mass is 10.1. The average molecular weight is 338 g/mol. The van der Waals surface area contributed by atoms with Crippen LogP contribution in [0.3, 0.4) is 0 Å². The lowest BCUT2D eigenvalue weighted by molar-refractivity contribution is 0.0496. The van der Waals surface area contributed by atoms with Gasteiger partial charge in [-0.1, -0.05) is 26.2 Å². The Hall–Kier alpha value is -1.91. The third-order valence-electron chi connectivity index (χ3n) is 3.38. The van der Waals surface area contributed by atoms with E-state index in [4.69, 9.17) is 18.9 Å².